The topological polar surface area (TPSA) is 38.8 Å². The zero-order valence-corrected chi connectivity index (χ0v) is 14.0. The Morgan fingerprint density at radius 1 is 1.17 bits per heavy atom. The van der Waals surface area contributed by atoms with Gasteiger partial charge in [0.15, 0.2) is 0 Å². The third-order valence-electron chi connectivity index (χ3n) is 3.90. The fourth-order valence-electron chi connectivity index (χ4n) is 2.78. The van der Waals surface area contributed by atoms with Crippen LogP contribution in [0.25, 0.3) is 0 Å². The van der Waals surface area contributed by atoms with E-state index in [9.17, 15) is 4.79 Å². The number of hydroxylamine groups is 2. The molecule has 3 rings (SSSR count). The minimum absolute atomic E-state index is 0.00603. The molecular formula is C18H19NO3S. The summed E-state index contributed by atoms with van der Waals surface area (Å²) in [6, 6.07) is 19.8. The molecule has 23 heavy (non-hydrogen) atoms. The van der Waals surface area contributed by atoms with Crippen molar-refractivity contribution in [2.24, 2.45) is 0 Å². The van der Waals surface area contributed by atoms with Crippen molar-refractivity contribution in [1.82, 2.24) is 5.06 Å². The van der Waals surface area contributed by atoms with Gasteiger partial charge in [-0.05, 0) is 17.7 Å². The van der Waals surface area contributed by atoms with E-state index in [0.29, 0.717) is 6.42 Å². The molecule has 2 aromatic rings. The summed E-state index contributed by atoms with van der Waals surface area (Å²) < 4.78 is 5.03. The number of esters is 1. The molecule has 0 N–H and O–H groups in total. The van der Waals surface area contributed by atoms with E-state index >= 15 is 0 Å². The van der Waals surface area contributed by atoms with Gasteiger partial charge >= 0.3 is 5.97 Å². The Bertz CT molecular complexity index is 664. The van der Waals surface area contributed by atoms with E-state index in [0.717, 1.165) is 10.5 Å². The van der Waals surface area contributed by atoms with Crippen LogP contribution in [0.2, 0.25) is 0 Å². The zero-order chi connectivity index (χ0) is 16.3. The van der Waals surface area contributed by atoms with E-state index in [1.807, 2.05) is 67.7 Å². The monoisotopic (exact) mass is 329 g/mol. The lowest BCUT2D eigenvalue weighted by molar-refractivity contribution is -0.187. The van der Waals surface area contributed by atoms with Gasteiger partial charge in [-0.2, -0.15) is 5.06 Å². The van der Waals surface area contributed by atoms with Gasteiger partial charge in [0.25, 0.3) is 0 Å². The molecule has 5 heteroatoms. The van der Waals surface area contributed by atoms with Crippen molar-refractivity contribution >= 4 is 17.7 Å². The van der Waals surface area contributed by atoms with E-state index in [2.05, 4.69) is 0 Å². The summed E-state index contributed by atoms with van der Waals surface area (Å²) in [6.45, 7) is 0. The summed E-state index contributed by atoms with van der Waals surface area (Å²) in [4.78, 5) is 18.4. The first kappa shape index (κ1) is 16.1. The fourth-order valence-corrected chi connectivity index (χ4v) is 4.01. The highest BCUT2D eigenvalue weighted by Gasteiger charge is 2.52. The van der Waals surface area contributed by atoms with Gasteiger partial charge in [0.05, 0.1) is 13.2 Å². The molecular weight excluding hydrogens is 310 g/mol. The minimum atomic E-state index is -1.06. The fraction of sp³-hybridized carbons (Fsp3) is 0.278. The van der Waals surface area contributed by atoms with E-state index in [-0.39, 0.29) is 12.0 Å². The van der Waals surface area contributed by atoms with Crippen LogP contribution in [-0.4, -0.2) is 30.1 Å². The van der Waals surface area contributed by atoms with Gasteiger partial charge in [0.1, 0.15) is 0 Å². The first-order valence-electron chi connectivity index (χ1n) is 7.44. The van der Waals surface area contributed by atoms with Crippen LogP contribution in [-0.2, 0) is 14.4 Å². The molecule has 2 aromatic carbocycles. The smallest absolute Gasteiger partial charge is 0.351 e. The second-order valence-corrected chi connectivity index (χ2v) is 6.76. The van der Waals surface area contributed by atoms with Crippen molar-refractivity contribution in [2.45, 2.75) is 22.3 Å². The van der Waals surface area contributed by atoms with Crippen molar-refractivity contribution in [3.63, 3.8) is 0 Å². The maximum Gasteiger partial charge on any atom is 0.351 e. The first-order valence-corrected chi connectivity index (χ1v) is 8.26. The molecule has 1 aliphatic heterocycles. The van der Waals surface area contributed by atoms with E-state index in [4.69, 9.17) is 9.57 Å². The summed E-state index contributed by atoms with van der Waals surface area (Å²) in [5.41, 5.74) is 1.12. The number of benzene rings is 2. The normalized spacial score (nSPS) is 24.5. The van der Waals surface area contributed by atoms with Crippen molar-refractivity contribution in [1.29, 1.82) is 0 Å². The molecule has 0 saturated carbocycles. The van der Waals surface area contributed by atoms with E-state index in [1.54, 1.807) is 5.06 Å². The molecule has 4 nitrogen and oxygen atoms in total. The highest BCUT2D eigenvalue weighted by molar-refractivity contribution is 8.01. The highest BCUT2D eigenvalue weighted by Crippen LogP contribution is 2.48. The Hall–Kier alpha value is -1.82. The molecule has 0 aliphatic carbocycles. The molecule has 1 fully saturated rings. The Morgan fingerprint density at radius 2 is 1.78 bits per heavy atom. The molecule has 0 spiro atoms. The maximum absolute atomic E-state index is 12.5. The first-order chi connectivity index (χ1) is 11.1. The van der Waals surface area contributed by atoms with Gasteiger partial charge in [0.2, 0.25) is 4.93 Å². The third-order valence-corrected chi connectivity index (χ3v) is 5.14. The molecule has 0 aromatic heterocycles. The maximum atomic E-state index is 12.5. The lowest BCUT2D eigenvalue weighted by atomic mass is 10.0. The van der Waals surface area contributed by atoms with Gasteiger partial charge in [-0.25, -0.2) is 4.79 Å². The van der Waals surface area contributed by atoms with Crippen LogP contribution in [0.15, 0.2) is 65.6 Å². The molecule has 0 bridgehead atoms. The lowest BCUT2D eigenvalue weighted by Gasteiger charge is -2.24. The van der Waals surface area contributed by atoms with Crippen LogP contribution in [0.4, 0.5) is 0 Å². The molecule has 1 heterocycles. The molecule has 1 saturated heterocycles. The van der Waals surface area contributed by atoms with Gasteiger partial charge in [-0.3, -0.25) is 4.84 Å². The quantitative estimate of drug-likeness (QED) is 0.801. The van der Waals surface area contributed by atoms with Gasteiger partial charge in [-0.1, -0.05) is 60.3 Å². The molecule has 2 atom stereocenters. The van der Waals surface area contributed by atoms with E-state index in [1.165, 1.54) is 18.9 Å². The molecule has 0 unspecified atom stereocenters. The molecule has 1 aliphatic rings. The SMILES string of the molecule is COC(=O)[C@@]1(Sc2ccccc2)C[C@@H](c2ccccc2)N(C)O1. The second kappa shape index (κ2) is 6.74. The average Bonchev–Trinajstić information content (AvgIpc) is 2.93. The third kappa shape index (κ3) is 3.27. The van der Waals surface area contributed by atoms with Gasteiger partial charge in [-0.15, -0.1) is 0 Å². The van der Waals surface area contributed by atoms with Crippen molar-refractivity contribution in [2.75, 3.05) is 14.2 Å². The molecule has 0 radical (unpaired) electrons. The van der Waals surface area contributed by atoms with E-state index < -0.39 is 4.93 Å². The van der Waals surface area contributed by atoms with Gasteiger partial charge in [0, 0.05) is 18.4 Å². The van der Waals surface area contributed by atoms with Crippen LogP contribution in [0.1, 0.15) is 18.0 Å². The predicted molar refractivity (Wildman–Crippen MR) is 89.7 cm³/mol. The van der Waals surface area contributed by atoms with Crippen molar-refractivity contribution < 1.29 is 14.4 Å². The Morgan fingerprint density at radius 3 is 2.39 bits per heavy atom. The van der Waals surface area contributed by atoms with Crippen LogP contribution in [0.5, 0.6) is 0 Å². The Balaban J connectivity index is 1.90. The Labute approximate surface area is 140 Å². The standard InChI is InChI=1S/C18H19NO3S/c1-19-16(14-9-5-3-6-10-14)13-18(22-19,17(20)21-2)23-15-11-7-4-8-12-15/h3-12,16H,13H2,1-2H3/t16-,18-/m0/s1. The summed E-state index contributed by atoms with van der Waals surface area (Å²) in [5.74, 6) is -0.364. The Kier molecular flexibility index (Phi) is 4.71. The number of ether oxygens (including phenoxy) is 1. The molecule has 120 valence electrons. The predicted octanol–water partition coefficient (Wildman–Crippen LogP) is 3.66. The number of hydrogen-bond donors (Lipinski definition) is 0. The van der Waals surface area contributed by atoms with Crippen molar-refractivity contribution in [3.8, 4) is 0 Å². The summed E-state index contributed by atoms with van der Waals surface area (Å²) in [6.07, 6.45) is 0.528. The summed E-state index contributed by atoms with van der Waals surface area (Å²) in [7, 11) is 3.25. The van der Waals surface area contributed by atoms with Crippen LogP contribution in [0, 0.1) is 0 Å². The lowest BCUT2D eigenvalue weighted by Crippen LogP contribution is -2.36. The number of hydrogen-bond acceptors (Lipinski definition) is 5. The van der Waals surface area contributed by atoms with Crippen LogP contribution >= 0.6 is 11.8 Å². The minimum Gasteiger partial charge on any atom is -0.466 e. The zero-order valence-electron chi connectivity index (χ0n) is 13.1. The van der Waals surface area contributed by atoms with Crippen molar-refractivity contribution in [3.05, 3.63) is 66.2 Å². The van der Waals surface area contributed by atoms with Crippen LogP contribution < -0.4 is 0 Å². The number of carbonyl (C=O) groups is 1. The summed E-state index contributed by atoms with van der Waals surface area (Å²) in [5, 5.41) is 1.75. The second-order valence-electron chi connectivity index (χ2n) is 5.43. The number of thioether (sulfide) groups is 1. The largest absolute Gasteiger partial charge is 0.466 e. The average molecular weight is 329 g/mol. The highest BCUT2D eigenvalue weighted by atomic mass is 32.2. The number of carbonyl (C=O) groups excluding carboxylic acids is 1. The van der Waals surface area contributed by atoms with Crippen LogP contribution in [0.3, 0.4) is 0 Å². The number of methoxy groups -OCH3 is 1. The number of nitrogens with zero attached hydrogens (tertiary/aromatic N) is 1. The number of rotatable bonds is 4. The summed E-state index contributed by atoms with van der Waals surface area (Å²) >= 11 is 1.40. The van der Waals surface area contributed by atoms with Gasteiger partial charge < -0.3 is 4.74 Å². The molecule has 0 amide bonds.